The van der Waals surface area contributed by atoms with E-state index in [-0.39, 0.29) is 0 Å². The second-order valence-corrected chi connectivity index (χ2v) is 4.62. The molecule has 1 N–H and O–H groups in total. The lowest BCUT2D eigenvalue weighted by atomic mass is 10.0. The van der Waals surface area contributed by atoms with Crippen molar-refractivity contribution in [1.82, 2.24) is 10.2 Å². The first-order chi connectivity index (χ1) is 7.27. The number of carbonyl (C=O) groups is 1. The van der Waals surface area contributed by atoms with Gasteiger partial charge >= 0.3 is 0 Å². The molecule has 3 heteroatoms. The molecule has 1 amide bonds. The fourth-order valence-electron chi connectivity index (χ4n) is 2.41. The third-order valence-corrected chi connectivity index (χ3v) is 3.52. The second-order valence-electron chi connectivity index (χ2n) is 4.62. The highest BCUT2D eigenvalue weighted by Crippen LogP contribution is 2.21. The van der Waals surface area contributed by atoms with E-state index in [9.17, 15) is 4.79 Å². The van der Waals surface area contributed by atoms with Crippen molar-refractivity contribution in [2.24, 2.45) is 5.92 Å². The number of carbonyl (C=O) groups excluding carboxylic acids is 1. The summed E-state index contributed by atoms with van der Waals surface area (Å²) in [6.07, 6.45) is 8.48. The first-order valence-electron chi connectivity index (χ1n) is 5.90. The lowest BCUT2D eigenvalue weighted by molar-refractivity contribution is -0.132. The SMILES string of the molecule is CN(C(=O)CC1C=CCC1)C1CCNC1. The van der Waals surface area contributed by atoms with E-state index in [0.29, 0.717) is 24.3 Å². The molecule has 0 aromatic rings. The molecule has 0 saturated carbocycles. The molecule has 0 spiro atoms. The average Bonchev–Trinajstić information content (AvgIpc) is 2.88. The molecule has 1 fully saturated rings. The molecule has 1 aliphatic carbocycles. The zero-order valence-electron chi connectivity index (χ0n) is 9.41. The molecule has 1 heterocycles. The molecule has 15 heavy (non-hydrogen) atoms. The smallest absolute Gasteiger partial charge is 0.223 e. The Labute approximate surface area is 91.5 Å². The van der Waals surface area contributed by atoms with E-state index in [1.807, 2.05) is 11.9 Å². The molecule has 0 bridgehead atoms. The van der Waals surface area contributed by atoms with Gasteiger partial charge < -0.3 is 10.2 Å². The highest BCUT2D eigenvalue weighted by Gasteiger charge is 2.24. The number of allylic oxidation sites excluding steroid dienone is 2. The van der Waals surface area contributed by atoms with Crippen LogP contribution in [0.4, 0.5) is 0 Å². The molecule has 2 unspecified atom stereocenters. The van der Waals surface area contributed by atoms with Crippen LogP contribution >= 0.6 is 0 Å². The van der Waals surface area contributed by atoms with E-state index in [1.165, 1.54) is 0 Å². The van der Waals surface area contributed by atoms with Gasteiger partial charge in [-0.3, -0.25) is 4.79 Å². The zero-order valence-corrected chi connectivity index (χ0v) is 9.41. The van der Waals surface area contributed by atoms with Crippen LogP contribution in [0.1, 0.15) is 25.7 Å². The fraction of sp³-hybridized carbons (Fsp3) is 0.750. The van der Waals surface area contributed by atoms with Crippen LogP contribution in [0.5, 0.6) is 0 Å². The molecule has 2 rings (SSSR count). The Morgan fingerprint density at radius 3 is 3.00 bits per heavy atom. The van der Waals surface area contributed by atoms with E-state index in [0.717, 1.165) is 32.4 Å². The van der Waals surface area contributed by atoms with Crippen LogP contribution in [-0.2, 0) is 4.79 Å². The second kappa shape index (κ2) is 4.79. The van der Waals surface area contributed by atoms with Gasteiger partial charge in [-0.1, -0.05) is 12.2 Å². The van der Waals surface area contributed by atoms with Crippen molar-refractivity contribution in [2.75, 3.05) is 20.1 Å². The van der Waals surface area contributed by atoms with Crippen LogP contribution in [-0.4, -0.2) is 37.0 Å². The van der Waals surface area contributed by atoms with Gasteiger partial charge in [-0.05, 0) is 31.7 Å². The fourth-order valence-corrected chi connectivity index (χ4v) is 2.41. The van der Waals surface area contributed by atoms with E-state index < -0.39 is 0 Å². The Bertz CT molecular complexity index is 256. The van der Waals surface area contributed by atoms with Crippen molar-refractivity contribution in [2.45, 2.75) is 31.7 Å². The number of hydrogen-bond acceptors (Lipinski definition) is 2. The van der Waals surface area contributed by atoms with Gasteiger partial charge in [0, 0.05) is 26.1 Å². The van der Waals surface area contributed by atoms with Gasteiger partial charge in [0.2, 0.25) is 5.91 Å². The molecular formula is C12H20N2O. The summed E-state index contributed by atoms with van der Waals surface area (Å²) in [5, 5.41) is 3.29. The van der Waals surface area contributed by atoms with Crippen molar-refractivity contribution in [1.29, 1.82) is 0 Å². The van der Waals surface area contributed by atoms with Gasteiger partial charge in [0.25, 0.3) is 0 Å². The highest BCUT2D eigenvalue weighted by molar-refractivity contribution is 5.76. The lowest BCUT2D eigenvalue weighted by Crippen LogP contribution is -2.38. The van der Waals surface area contributed by atoms with Crippen LogP contribution < -0.4 is 5.32 Å². The van der Waals surface area contributed by atoms with Crippen LogP contribution in [0.3, 0.4) is 0 Å². The normalized spacial score (nSPS) is 29.7. The first-order valence-corrected chi connectivity index (χ1v) is 5.90. The third-order valence-electron chi connectivity index (χ3n) is 3.52. The summed E-state index contributed by atoms with van der Waals surface area (Å²) >= 11 is 0. The largest absolute Gasteiger partial charge is 0.341 e. The van der Waals surface area contributed by atoms with Crippen molar-refractivity contribution < 1.29 is 4.79 Å². The number of likely N-dealkylation sites (N-methyl/N-ethyl adjacent to an activating group) is 1. The Balaban J connectivity index is 1.81. The molecule has 0 aromatic carbocycles. The molecule has 2 aliphatic rings. The maximum atomic E-state index is 12.0. The van der Waals surface area contributed by atoms with Gasteiger partial charge in [0.15, 0.2) is 0 Å². The number of hydrogen-bond donors (Lipinski definition) is 1. The summed E-state index contributed by atoms with van der Waals surface area (Å²) in [5.74, 6) is 0.801. The lowest BCUT2D eigenvalue weighted by Gasteiger charge is -2.24. The van der Waals surface area contributed by atoms with E-state index in [1.54, 1.807) is 0 Å². The molecule has 2 atom stereocenters. The number of nitrogens with zero attached hydrogens (tertiary/aromatic N) is 1. The Hall–Kier alpha value is -0.830. The van der Waals surface area contributed by atoms with E-state index in [4.69, 9.17) is 0 Å². The molecule has 1 aliphatic heterocycles. The standard InChI is InChI=1S/C12H20N2O/c1-14(11-6-7-13-9-11)12(15)8-10-4-2-3-5-10/h2,4,10-11,13H,3,5-9H2,1H3. The minimum atomic E-state index is 0.306. The predicted octanol–water partition coefficient (Wildman–Crippen LogP) is 1.16. The first kappa shape index (κ1) is 10.7. The maximum absolute atomic E-state index is 12.0. The van der Waals surface area contributed by atoms with E-state index >= 15 is 0 Å². The molecule has 84 valence electrons. The van der Waals surface area contributed by atoms with Crippen molar-refractivity contribution in [3.63, 3.8) is 0 Å². The van der Waals surface area contributed by atoms with Gasteiger partial charge in [0.1, 0.15) is 0 Å². The molecular weight excluding hydrogens is 188 g/mol. The molecule has 0 radical (unpaired) electrons. The van der Waals surface area contributed by atoms with Crippen LogP contribution in [0.2, 0.25) is 0 Å². The van der Waals surface area contributed by atoms with Crippen LogP contribution in [0, 0.1) is 5.92 Å². The molecule has 0 aromatic heterocycles. The minimum absolute atomic E-state index is 0.306. The predicted molar refractivity (Wildman–Crippen MR) is 60.5 cm³/mol. The molecule has 3 nitrogen and oxygen atoms in total. The summed E-state index contributed by atoms with van der Waals surface area (Å²) in [7, 11) is 1.94. The summed E-state index contributed by atoms with van der Waals surface area (Å²) in [5.41, 5.74) is 0. The third kappa shape index (κ3) is 2.59. The Morgan fingerprint density at radius 2 is 2.40 bits per heavy atom. The summed E-state index contributed by atoms with van der Waals surface area (Å²) < 4.78 is 0. The van der Waals surface area contributed by atoms with Gasteiger partial charge in [0.05, 0.1) is 0 Å². The molecule has 1 saturated heterocycles. The minimum Gasteiger partial charge on any atom is -0.341 e. The van der Waals surface area contributed by atoms with Gasteiger partial charge in [-0.15, -0.1) is 0 Å². The van der Waals surface area contributed by atoms with Gasteiger partial charge in [-0.25, -0.2) is 0 Å². The van der Waals surface area contributed by atoms with Gasteiger partial charge in [-0.2, -0.15) is 0 Å². The Morgan fingerprint density at radius 1 is 1.53 bits per heavy atom. The maximum Gasteiger partial charge on any atom is 0.223 e. The van der Waals surface area contributed by atoms with Crippen molar-refractivity contribution in [3.05, 3.63) is 12.2 Å². The Kier molecular flexibility index (Phi) is 3.41. The summed E-state index contributed by atoms with van der Waals surface area (Å²) in [6.45, 7) is 2.01. The highest BCUT2D eigenvalue weighted by atomic mass is 16.2. The van der Waals surface area contributed by atoms with Crippen LogP contribution in [0.25, 0.3) is 0 Å². The number of nitrogens with one attached hydrogen (secondary N) is 1. The number of amides is 1. The monoisotopic (exact) mass is 208 g/mol. The number of rotatable bonds is 3. The quantitative estimate of drug-likeness (QED) is 0.706. The van der Waals surface area contributed by atoms with Crippen LogP contribution in [0.15, 0.2) is 12.2 Å². The van der Waals surface area contributed by atoms with Crippen molar-refractivity contribution in [3.8, 4) is 0 Å². The summed E-state index contributed by atoms with van der Waals surface area (Å²) in [4.78, 5) is 13.9. The topological polar surface area (TPSA) is 32.3 Å². The zero-order chi connectivity index (χ0) is 10.7. The summed E-state index contributed by atoms with van der Waals surface area (Å²) in [6, 6.07) is 0.419. The van der Waals surface area contributed by atoms with Crippen molar-refractivity contribution >= 4 is 5.91 Å². The van der Waals surface area contributed by atoms with E-state index in [2.05, 4.69) is 17.5 Å². The average molecular weight is 208 g/mol.